The summed E-state index contributed by atoms with van der Waals surface area (Å²) in [6, 6.07) is 11.1. The fourth-order valence-electron chi connectivity index (χ4n) is 3.29. The van der Waals surface area contributed by atoms with E-state index in [1.165, 1.54) is 29.5 Å². The second kappa shape index (κ2) is 7.56. The Morgan fingerprint density at radius 1 is 1.17 bits per heavy atom. The number of phenols is 1. The molecule has 4 aromatic rings. The molecular weight excluding hydrogens is 476 g/mol. The quantitative estimate of drug-likeness (QED) is 0.364. The van der Waals surface area contributed by atoms with Crippen LogP contribution in [0.4, 0.5) is 0 Å². The number of phenolic OH excluding ortho intramolecular Hbond substituents is 1. The molecule has 2 aromatic carbocycles. The van der Waals surface area contributed by atoms with Gasteiger partial charge in [-0.3, -0.25) is 4.79 Å². The largest absolute Gasteiger partial charge is 0.507 e. The standard InChI is InChI=1S/C20H17BrN2O4S2/c1-11(10-21)23-29(26,27)13-4-2-12(3-5-13)17-16(24)7-6-15-18(17)14-8-9-28-19(14)20(25)22-15/h2-9,11,23-24H,10H2,1H3,(H,22,25). The molecule has 9 heteroatoms. The highest BCUT2D eigenvalue weighted by Crippen LogP contribution is 2.39. The molecular formula is C20H17BrN2O4S2. The van der Waals surface area contributed by atoms with Gasteiger partial charge in [0.25, 0.3) is 5.56 Å². The molecule has 0 aliphatic heterocycles. The summed E-state index contributed by atoms with van der Waals surface area (Å²) in [5.41, 5.74) is 1.64. The van der Waals surface area contributed by atoms with Gasteiger partial charge in [-0.25, -0.2) is 13.1 Å². The molecule has 0 radical (unpaired) electrons. The number of benzene rings is 2. The number of nitrogens with one attached hydrogen (secondary N) is 2. The van der Waals surface area contributed by atoms with E-state index in [0.717, 1.165) is 10.8 Å². The molecule has 2 aromatic heterocycles. The topological polar surface area (TPSA) is 99.3 Å². The maximum Gasteiger partial charge on any atom is 0.266 e. The average Bonchev–Trinajstić information content (AvgIpc) is 3.19. The van der Waals surface area contributed by atoms with Crippen molar-refractivity contribution >= 4 is 58.3 Å². The number of fused-ring (bicyclic) bond motifs is 3. The first kappa shape index (κ1) is 20.1. The normalized spacial score (nSPS) is 13.2. The van der Waals surface area contributed by atoms with Crippen LogP contribution in [0.2, 0.25) is 0 Å². The van der Waals surface area contributed by atoms with Gasteiger partial charge in [-0.2, -0.15) is 0 Å². The van der Waals surface area contributed by atoms with Crippen molar-refractivity contribution in [2.24, 2.45) is 0 Å². The average molecular weight is 493 g/mol. The van der Waals surface area contributed by atoms with Gasteiger partial charge in [0.1, 0.15) is 10.4 Å². The Hall–Kier alpha value is -2.20. The Kier molecular flexibility index (Phi) is 5.24. The predicted octanol–water partition coefficient (Wildman–Crippen LogP) is 4.18. The molecule has 3 N–H and O–H groups in total. The molecule has 0 saturated heterocycles. The molecule has 29 heavy (non-hydrogen) atoms. The number of aromatic hydroxyl groups is 1. The van der Waals surface area contributed by atoms with Crippen molar-refractivity contribution in [3.05, 3.63) is 58.2 Å². The number of hydrogen-bond donors (Lipinski definition) is 3. The van der Waals surface area contributed by atoms with Crippen LogP contribution >= 0.6 is 27.3 Å². The Morgan fingerprint density at radius 3 is 2.59 bits per heavy atom. The molecule has 0 amide bonds. The number of H-pyrrole nitrogens is 1. The number of sulfonamides is 1. The summed E-state index contributed by atoms with van der Waals surface area (Å²) in [7, 11) is -3.64. The second-order valence-electron chi connectivity index (χ2n) is 6.70. The monoisotopic (exact) mass is 492 g/mol. The smallest absolute Gasteiger partial charge is 0.266 e. The Labute approximate surface area is 179 Å². The van der Waals surface area contributed by atoms with E-state index in [2.05, 4.69) is 25.6 Å². The molecule has 150 valence electrons. The number of rotatable bonds is 5. The van der Waals surface area contributed by atoms with Crippen molar-refractivity contribution in [2.45, 2.75) is 17.9 Å². The molecule has 1 unspecified atom stereocenters. The van der Waals surface area contributed by atoms with Gasteiger partial charge < -0.3 is 10.1 Å². The maximum atomic E-state index is 12.5. The third-order valence-electron chi connectivity index (χ3n) is 4.61. The van der Waals surface area contributed by atoms with E-state index in [1.54, 1.807) is 25.1 Å². The summed E-state index contributed by atoms with van der Waals surface area (Å²) in [4.78, 5) is 15.3. The summed E-state index contributed by atoms with van der Waals surface area (Å²) in [5.74, 6) is 0.0543. The van der Waals surface area contributed by atoms with Crippen LogP contribution in [-0.2, 0) is 10.0 Å². The number of alkyl halides is 1. The van der Waals surface area contributed by atoms with E-state index in [0.29, 0.717) is 26.7 Å². The van der Waals surface area contributed by atoms with E-state index < -0.39 is 10.0 Å². The van der Waals surface area contributed by atoms with Gasteiger partial charge >= 0.3 is 0 Å². The van der Waals surface area contributed by atoms with Gasteiger partial charge in [0, 0.05) is 33.2 Å². The predicted molar refractivity (Wildman–Crippen MR) is 121 cm³/mol. The Morgan fingerprint density at radius 2 is 1.90 bits per heavy atom. The number of halogens is 1. The maximum absolute atomic E-state index is 12.5. The molecule has 0 saturated carbocycles. The summed E-state index contributed by atoms with van der Waals surface area (Å²) in [6.07, 6.45) is 0. The zero-order valence-electron chi connectivity index (χ0n) is 15.3. The van der Waals surface area contributed by atoms with Crippen LogP contribution < -0.4 is 10.3 Å². The number of aromatic nitrogens is 1. The first-order valence-corrected chi connectivity index (χ1v) is 12.2. The highest BCUT2D eigenvalue weighted by atomic mass is 79.9. The lowest BCUT2D eigenvalue weighted by Crippen LogP contribution is -2.33. The Bertz CT molecular complexity index is 1380. The van der Waals surface area contributed by atoms with Gasteiger partial charge in [-0.05, 0) is 48.2 Å². The summed E-state index contributed by atoms with van der Waals surface area (Å²) in [6.45, 7) is 1.77. The number of aromatic amines is 1. The molecule has 0 fully saturated rings. The lowest BCUT2D eigenvalue weighted by Gasteiger charge is -2.13. The number of thiophene rings is 1. The number of hydrogen-bond acceptors (Lipinski definition) is 5. The number of pyridine rings is 1. The minimum absolute atomic E-state index is 0.0543. The van der Waals surface area contributed by atoms with Crippen LogP contribution in [0.15, 0.2) is 57.5 Å². The third-order valence-corrected chi connectivity index (χ3v) is 8.10. The molecule has 2 heterocycles. The summed E-state index contributed by atoms with van der Waals surface area (Å²) < 4.78 is 28.1. The Balaban J connectivity index is 1.89. The van der Waals surface area contributed by atoms with Gasteiger partial charge in [0.05, 0.1) is 4.90 Å². The van der Waals surface area contributed by atoms with Crippen molar-refractivity contribution in [3.8, 4) is 16.9 Å². The zero-order chi connectivity index (χ0) is 20.8. The van der Waals surface area contributed by atoms with E-state index in [4.69, 9.17) is 0 Å². The lowest BCUT2D eigenvalue weighted by molar-refractivity contribution is 0.478. The van der Waals surface area contributed by atoms with E-state index >= 15 is 0 Å². The van der Waals surface area contributed by atoms with Crippen LogP contribution in [0, 0.1) is 0 Å². The fourth-order valence-corrected chi connectivity index (χ4v) is 5.71. The minimum Gasteiger partial charge on any atom is -0.507 e. The lowest BCUT2D eigenvalue weighted by atomic mass is 9.97. The van der Waals surface area contributed by atoms with Crippen LogP contribution in [0.1, 0.15) is 6.92 Å². The van der Waals surface area contributed by atoms with Crippen molar-refractivity contribution < 1.29 is 13.5 Å². The first-order chi connectivity index (χ1) is 13.8. The van der Waals surface area contributed by atoms with E-state index in [1.807, 2.05) is 11.4 Å². The van der Waals surface area contributed by atoms with Crippen molar-refractivity contribution in [1.29, 1.82) is 0 Å². The third kappa shape index (κ3) is 3.59. The van der Waals surface area contributed by atoms with E-state index in [9.17, 15) is 18.3 Å². The van der Waals surface area contributed by atoms with Gasteiger partial charge in [-0.1, -0.05) is 28.1 Å². The molecule has 6 nitrogen and oxygen atoms in total. The van der Waals surface area contributed by atoms with Gasteiger partial charge in [-0.15, -0.1) is 11.3 Å². The molecule has 0 bridgehead atoms. The molecule has 4 rings (SSSR count). The molecule has 0 aliphatic carbocycles. The van der Waals surface area contributed by atoms with Crippen LogP contribution in [0.3, 0.4) is 0 Å². The van der Waals surface area contributed by atoms with Crippen LogP contribution in [0.25, 0.3) is 32.1 Å². The van der Waals surface area contributed by atoms with Crippen molar-refractivity contribution in [1.82, 2.24) is 9.71 Å². The van der Waals surface area contributed by atoms with E-state index in [-0.39, 0.29) is 22.2 Å². The minimum atomic E-state index is -3.64. The second-order valence-corrected chi connectivity index (χ2v) is 9.98. The molecule has 1 atom stereocenters. The van der Waals surface area contributed by atoms with Crippen molar-refractivity contribution in [3.63, 3.8) is 0 Å². The summed E-state index contributed by atoms with van der Waals surface area (Å²) in [5, 5.41) is 14.4. The zero-order valence-corrected chi connectivity index (χ0v) is 18.5. The first-order valence-electron chi connectivity index (χ1n) is 8.75. The summed E-state index contributed by atoms with van der Waals surface area (Å²) >= 11 is 4.59. The SMILES string of the molecule is CC(CBr)NS(=O)(=O)c1ccc(-c2c(O)ccc3[nH]c(=O)c4sccc4c23)cc1. The fraction of sp³-hybridized carbons (Fsp3) is 0.150. The highest BCUT2D eigenvalue weighted by molar-refractivity contribution is 9.09. The van der Waals surface area contributed by atoms with Crippen LogP contribution in [-0.4, -0.2) is 29.9 Å². The molecule has 0 aliphatic rings. The van der Waals surface area contributed by atoms with Gasteiger partial charge in [0.2, 0.25) is 10.0 Å². The molecule has 0 spiro atoms. The van der Waals surface area contributed by atoms with Crippen molar-refractivity contribution in [2.75, 3.05) is 5.33 Å². The highest BCUT2D eigenvalue weighted by Gasteiger charge is 2.19. The van der Waals surface area contributed by atoms with Crippen LogP contribution in [0.5, 0.6) is 5.75 Å². The van der Waals surface area contributed by atoms with Gasteiger partial charge in [0.15, 0.2) is 0 Å².